The Morgan fingerprint density at radius 1 is 1.35 bits per heavy atom. The van der Waals surface area contributed by atoms with E-state index >= 15 is 0 Å². The average Bonchev–Trinajstić information content (AvgIpc) is 2.80. The van der Waals surface area contributed by atoms with E-state index in [9.17, 15) is 0 Å². The second-order valence-corrected chi connectivity index (χ2v) is 4.62. The number of hydrogen-bond acceptors (Lipinski definition) is 3. The number of nitrogens with one attached hydrogen (secondary N) is 3. The molecule has 17 heavy (non-hydrogen) atoms. The molecule has 3 rings (SSSR count). The van der Waals surface area contributed by atoms with E-state index in [-0.39, 0.29) is 0 Å². The van der Waals surface area contributed by atoms with Crippen LogP contribution in [-0.2, 0) is 6.54 Å². The number of H-pyrrole nitrogens is 1. The minimum absolute atomic E-state index is 0.581. The van der Waals surface area contributed by atoms with Gasteiger partial charge in [-0.15, -0.1) is 0 Å². The molecule has 90 valence electrons. The zero-order chi connectivity index (χ0) is 11.5. The predicted octanol–water partition coefficient (Wildman–Crippen LogP) is 1.40. The molecule has 3 N–H and O–H groups in total. The van der Waals surface area contributed by atoms with Gasteiger partial charge < -0.3 is 15.6 Å². The highest BCUT2D eigenvalue weighted by Gasteiger charge is 2.12. The molecule has 0 saturated carbocycles. The molecule has 4 nitrogen and oxygen atoms in total. The summed E-state index contributed by atoms with van der Waals surface area (Å²) in [5.41, 5.74) is 2.16. The molecule has 1 aromatic carbocycles. The smallest absolute Gasteiger partial charge is 0.121 e. The third-order valence-electron chi connectivity index (χ3n) is 3.29. The maximum absolute atomic E-state index is 4.56. The van der Waals surface area contributed by atoms with E-state index in [1.165, 1.54) is 12.8 Å². The van der Waals surface area contributed by atoms with E-state index in [2.05, 4.69) is 26.7 Å². The van der Waals surface area contributed by atoms with Crippen LogP contribution < -0.4 is 10.6 Å². The van der Waals surface area contributed by atoms with Gasteiger partial charge in [0.1, 0.15) is 5.82 Å². The Balaban J connectivity index is 1.64. The molecule has 1 unspecified atom stereocenters. The molecule has 0 bridgehead atoms. The first-order valence-electron chi connectivity index (χ1n) is 6.29. The molecule has 2 heterocycles. The number of piperidine rings is 1. The molecular formula is C13H18N4. The first kappa shape index (κ1) is 10.7. The molecule has 1 atom stereocenters. The van der Waals surface area contributed by atoms with Gasteiger partial charge in [-0.3, -0.25) is 0 Å². The third kappa shape index (κ3) is 2.48. The highest BCUT2D eigenvalue weighted by atomic mass is 15.0. The molecule has 1 aliphatic heterocycles. The van der Waals surface area contributed by atoms with Gasteiger partial charge in [-0.25, -0.2) is 4.98 Å². The van der Waals surface area contributed by atoms with Crippen molar-refractivity contribution in [3.8, 4) is 0 Å². The average molecular weight is 230 g/mol. The highest BCUT2D eigenvalue weighted by Crippen LogP contribution is 2.10. The van der Waals surface area contributed by atoms with Crippen LogP contribution in [0.15, 0.2) is 24.3 Å². The van der Waals surface area contributed by atoms with Crippen molar-refractivity contribution in [3.63, 3.8) is 0 Å². The van der Waals surface area contributed by atoms with Crippen molar-refractivity contribution < 1.29 is 0 Å². The molecule has 0 amide bonds. The quantitative estimate of drug-likeness (QED) is 0.747. The first-order chi connectivity index (χ1) is 8.42. The van der Waals surface area contributed by atoms with E-state index in [1.807, 2.05) is 18.2 Å². The predicted molar refractivity (Wildman–Crippen MR) is 68.8 cm³/mol. The van der Waals surface area contributed by atoms with Gasteiger partial charge in [0.05, 0.1) is 17.6 Å². The Morgan fingerprint density at radius 3 is 3.12 bits per heavy atom. The standard InChI is InChI=1S/C13H18N4/c1-2-6-12-11(5-1)16-13(17-12)9-15-10-4-3-7-14-8-10/h1-2,5-6,10,14-15H,3-4,7-9H2,(H,16,17). The van der Waals surface area contributed by atoms with Crippen molar-refractivity contribution in [1.29, 1.82) is 0 Å². The van der Waals surface area contributed by atoms with Gasteiger partial charge in [0.25, 0.3) is 0 Å². The Hall–Kier alpha value is -1.39. The van der Waals surface area contributed by atoms with Crippen LogP contribution in [0, 0.1) is 0 Å². The number of aromatic nitrogens is 2. The number of benzene rings is 1. The molecular weight excluding hydrogens is 212 g/mol. The second kappa shape index (κ2) is 4.85. The van der Waals surface area contributed by atoms with Crippen LogP contribution >= 0.6 is 0 Å². The number of hydrogen-bond donors (Lipinski definition) is 3. The molecule has 1 aliphatic rings. The summed E-state index contributed by atoms with van der Waals surface area (Å²) in [5.74, 6) is 1.02. The van der Waals surface area contributed by atoms with Crippen LogP contribution in [0.1, 0.15) is 18.7 Å². The molecule has 4 heteroatoms. The summed E-state index contributed by atoms with van der Waals surface area (Å²) in [6.45, 7) is 3.05. The van der Waals surface area contributed by atoms with Gasteiger partial charge in [-0.2, -0.15) is 0 Å². The molecule has 0 aliphatic carbocycles. The lowest BCUT2D eigenvalue weighted by Crippen LogP contribution is -2.42. The topological polar surface area (TPSA) is 52.7 Å². The van der Waals surface area contributed by atoms with Gasteiger partial charge in [-0.05, 0) is 31.5 Å². The SMILES string of the molecule is c1ccc2[nH]c(CNC3CCCNC3)nc2c1. The zero-order valence-electron chi connectivity index (χ0n) is 9.87. The number of rotatable bonds is 3. The number of imidazole rings is 1. The second-order valence-electron chi connectivity index (χ2n) is 4.62. The molecule has 1 fully saturated rings. The van der Waals surface area contributed by atoms with E-state index in [0.29, 0.717) is 6.04 Å². The number of para-hydroxylation sites is 2. The summed E-state index contributed by atoms with van der Waals surface area (Å²) in [5, 5.41) is 6.95. The van der Waals surface area contributed by atoms with Crippen molar-refractivity contribution in [2.75, 3.05) is 13.1 Å². The van der Waals surface area contributed by atoms with E-state index < -0.39 is 0 Å². The minimum atomic E-state index is 0.581. The van der Waals surface area contributed by atoms with Crippen LogP contribution in [-0.4, -0.2) is 29.1 Å². The van der Waals surface area contributed by atoms with Crippen molar-refractivity contribution in [2.45, 2.75) is 25.4 Å². The molecule has 2 aromatic rings. The normalized spacial score (nSPS) is 20.8. The monoisotopic (exact) mass is 230 g/mol. The maximum Gasteiger partial charge on any atom is 0.121 e. The molecule has 0 radical (unpaired) electrons. The Kier molecular flexibility index (Phi) is 3.07. The summed E-state index contributed by atoms with van der Waals surface area (Å²) < 4.78 is 0. The van der Waals surface area contributed by atoms with Gasteiger partial charge in [0.2, 0.25) is 0 Å². The molecule has 0 spiro atoms. The Labute approximate surface area is 101 Å². The third-order valence-corrected chi connectivity index (χ3v) is 3.29. The van der Waals surface area contributed by atoms with Gasteiger partial charge in [-0.1, -0.05) is 12.1 Å². The highest BCUT2D eigenvalue weighted by molar-refractivity contribution is 5.74. The number of nitrogens with zero attached hydrogens (tertiary/aromatic N) is 1. The van der Waals surface area contributed by atoms with Crippen molar-refractivity contribution in [3.05, 3.63) is 30.1 Å². The van der Waals surface area contributed by atoms with Gasteiger partial charge >= 0.3 is 0 Å². The maximum atomic E-state index is 4.56. The fourth-order valence-electron chi connectivity index (χ4n) is 2.36. The van der Waals surface area contributed by atoms with Crippen LogP contribution in [0.25, 0.3) is 11.0 Å². The van der Waals surface area contributed by atoms with Gasteiger partial charge in [0, 0.05) is 12.6 Å². The van der Waals surface area contributed by atoms with Gasteiger partial charge in [0.15, 0.2) is 0 Å². The lowest BCUT2D eigenvalue weighted by molar-refractivity contribution is 0.386. The van der Waals surface area contributed by atoms with Crippen LogP contribution in [0.5, 0.6) is 0 Å². The van der Waals surface area contributed by atoms with Crippen molar-refractivity contribution in [1.82, 2.24) is 20.6 Å². The minimum Gasteiger partial charge on any atom is -0.341 e. The lowest BCUT2D eigenvalue weighted by Gasteiger charge is -2.23. The Bertz CT molecular complexity index is 452. The van der Waals surface area contributed by atoms with E-state index in [1.54, 1.807) is 0 Å². The summed E-state index contributed by atoms with van der Waals surface area (Å²) in [7, 11) is 0. The fraction of sp³-hybridized carbons (Fsp3) is 0.462. The van der Waals surface area contributed by atoms with Crippen molar-refractivity contribution in [2.24, 2.45) is 0 Å². The lowest BCUT2D eigenvalue weighted by atomic mass is 10.1. The van der Waals surface area contributed by atoms with E-state index in [0.717, 1.165) is 36.5 Å². The molecule has 1 saturated heterocycles. The summed E-state index contributed by atoms with van der Waals surface area (Å²) in [6, 6.07) is 8.73. The summed E-state index contributed by atoms with van der Waals surface area (Å²) >= 11 is 0. The van der Waals surface area contributed by atoms with E-state index in [4.69, 9.17) is 0 Å². The zero-order valence-corrected chi connectivity index (χ0v) is 9.87. The largest absolute Gasteiger partial charge is 0.341 e. The van der Waals surface area contributed by atoms with Crippen LogP contribution in [0.2, 0.25) is 0 Å². The number of fused-ring (bicyclic) bond motifs is 1. The van der Waals surface area contributed by atoms with Crippen LogP contribution in [0.4, 0.5) is 0 Å². The first-order valence-corrected chi connectivity index (χ1v) is 6.29. The van der Waals surface area contributed by atoms with Crippen molar-refractivity contribution >= 4 is 11.0 Å². The fourth-order valence-corrected chi connectivity index (χ4v) is 2.36. The summed E-state index contributed by atoms with van der Waals surface area (Å²) in [4.78, 5) is 7.90. The molecule has 1 aromatic heterocycles. The van der Waals surface area contributed by atoms with Crippen LogP contribution in [0.3, 0.4) is 0 Å². The summed E-state index contributed by atoms with van der Waals surface area (Å²) in [6.07, 6.45) is 2.52. The Morgan fingerprint density at radius 2 is 2.29 bits per heavy atom. The number of aromatic amines is 1.